The van der Waals surface area contributed by atoms with Crippen LogP contribution >= 0.6 is 11.6 Å². The smallest absolute Gasteiger partial charge is 0.248 e. The topological polar surface area (TPSA) is 93.4 Å². The molecule has 0 unspecified atom stereocenters. The van der Waals surface area contributed by atoms with Gasteiger partial charge in [-0.3, -0.25) is 9.59 Å². The number of primary amides is 1. The molecule has 104 valence electrons. The molecule has 0 heterocycles. The summed E-state index contributed by atoms with van der Waals surface area (Å²) in [5.74, 6) is -0.843. The zero-order valence-electron chi connectivity index (χ0n) is 10.5. The molecule has 7 heteroatoms. The Morgan fingerprint density at radius 2 is 2.16 bits per heavy atom. The lowest BCUT2D eigenvalue weighted by atomic mass is 10.2. The van der Waals surface area contributed by atoms with Crippen molar-refractivity contribution in [1.82, 2.24) is 5.32 Å². The van der Waals surface area contributed by atoms with Gasteiger partial charge in [0, 0.05) is 19.2 Å². The first kappa shape index (κ1) is 15.4. The average Bonchev–Trinajstić information content (AvgIpc) is 2.37. The number of methoxy groups -OCH3 is 1. The molecule has 0 aliphatic carbocycles. The lowest BCUT2D eigenvalue weighted by molar-refractivity contribution is -0.115. The van der Waals surface area contributed by atoms with E-state index in [2.05, 4.69) is 10.6 Å². The second-order valence-corrected chi connectivity index (χ2v) is 4.18. The van der Waals surface area contributed by atoms with E-state index in [1.54, 1.807) is 7.11 Å². The molecule has 1 rings (SSSR count). The molecule has 2 amide bonds. The molecule has 0 bridgehead atoms. The van der Waals surface area contributed by atoms with Gasteiger partial charge in [-0.05, 0) is 18.2 Å². The molecule has 6 nitrogen and oxygen atoms in total. The number of rotatable bonds is 7. The number of carbonyl (C=O) groups is 2. The monoisotopic (exact) mass is 285 g/mol. The molecule has 1 aromatic rings. The van der Waals surface area contributed by atoms with Crippen molar-refractivity contribution in [3.05, 3.63) is 28.8 Å². The standard InChI is InChI=1S/C12H16ClN3O3/c1-19-5-4-15-7-11(17)16-10-6-8(12(14)18)2-3-9(10)13/h2-3,6,15H,4-5,7H2,1H3,(H2,14,18)(H,16,17). The van der Waals surface area contributed by atoms with Crippen LogP contribution in [0.3, 0.4) is 0 Å². The minimum absolute atomic E-state index is 0.125. The first-order valence-corrected chi connectivity index (χ1v) is 6.01. The molecule has 19 heavy (non-hydrogen) atoms. The first-order chi connectivity index (χ1) is 9.04. The highest BCUT2D eigenvalue weighted by Crippen LogP contribution is 2.22. The van der Waals surface area contributed by atoms with E-state index >= 15 is 0 Å². The van der Waals surface area contributed by atoms with Crippen LogP contribution in [0.4, 0.5) is 5.69 Å². The number of nitrogens with two attached hydrogens (primary N) is 1. The summed E-state index contributed by atoms with van der Waals surface area (Å²) in [7, 11) is 1.58. The molecule has 0 saturated heterocycles. The van der Waals surface area contributed by atoms with Crippen LogP contribution in [0.25, 0.3) is 0 Å². The third kappa shape index (κ3) is 5.25. The van der Waals surface area contributed by atoms with Gasteiger partial charge in [-0.1, -0.05) is 11.6 Å². The van der Waals surface area contributed by atoms with Crippen molar-refractivity contribution in [2.45, 2.75) is 0 Å². The van der Waals surface area contributed by atoms with E-state index in [0.717, 1.165) is 0 Å². The number of anilines is 1. The Bertz CT molecular complexity index is 466. The van der Waals surface area contributed by atoms with Crippen LogP contribution in [0.1, 0.15) is 10.4 Å². The maximum atomic E-state index is 11.6. The first-order valence-electron chi connectivity index (χ1n) is 5.63. The zero-order chi connectivity index (χ0) is 14.3. The minimum atomic E-state index is -0.578. The van der Waals surface area contributed by atoms with Gasteiger partial charge < -0.3 is 21.1 Å². The molecule has 0 aliphatic heterocycles. The average molecular weight is 286 g/mol. The molecule has 4 N–H and O–H groups in total. The molecular weight excluding hydrogens is 270 g/mol. The Balaban J connectivity index is 2.58. The van der Waals surface area contributed by atoms with Crippen molar-refractivity contribution < 1.29 is 14.3 Å². The van der Waals surface area contributed by atoms with E-state index in [4.69, 9.17) is 22.1 Å². The van der Waals surface area contributed by atoms with Gasteiger partial charge in [0.15, 0.2) is 0 Å². The third-order valence-corrected chi connectivity index (χ3v) is 2.62. The van der Waals surface area contributed by atoms with Crippen LogP contribution < -0.4 is 16.4 Å². The summed E-state index contributed by atoms with van der Waals surface area (Å²) in [5, 5.41) is 5.83. The summed E-state index contributed by atoms with van der Waals surface area (Å²) in [6, 6.07) is 4.45. The number of ether oxygens (including phenoxy) is 1. The molecule has 0 radical (unpaired) electrons. The van der Waals surface area contributed by atoms with Crippen molar-refractivity contribution in [3.8, 4) is 0 Å². The number of benzene rings is 1. The van der Waals surface area contributed by atoms with Crippen LogP contribution in [0, 0.1) is 0 Å². The molecule has 0 aromatic heterocycles. The SMILES string of the molecule is COCCNCC(=O)Nc1cc(C(N)=O)ccc1Cl. The summed E-state index contributed by atoms with van der Waals surface area (Å²) in [6.07, 6.45) is 0. The Kier molecular flexibility index (Phi) is 6.27. The number of hydrogen-bond donors (Lipinski definition) is 3. The number of amides is 2. The van der Waals surface area contributed by atoms with Crippen LogP contribution in [0.15, 0.2) is 18.2 Å². The molecule has 0 aliphatic rings. The normalized spacial score (nSPS) is 10.2. The number of halogens is 1. The summed E-state index contributed by atoms with van der Waals surface area (Å²) in [6.45, 7) is 1.21. The van der Waals surface area contributed by atoms with Crippen molar-refractivity contribution in [3.63, 3.8) is 0 Å². The predicted octanol–water partition coefficient (Wildman–Crippen LogP) is 0.613. The lowest BCUT2D eigenvalue weighted by Gasteiger charge is -2.09. The van der Waals surface area contributed by atoms with Gasteiger partial charge in [-0.15, -0.1) is 0 Å². The maximum Gasteiger partial charge on any atom is 0.248 e. The molecular formula is C12H16ClN3O3. The quantitative estimate of drug-likeness (QED) is 0.640. The summed E-state index contributed by atoms with van der Waals surface area (Å²) >= 11 is 5.92. The zero-order valence-corrected chi connectivity index (χ0v) is 11.3. The summed E-state index contributed by atoms with van der Waals surface area (Å²) in [4.78, 5) is 22.7. The Morgan fingerprint density at radius 3 is 2.79 bits per heavy atom. The highest BCUT2D eigenvalue weighted by molar-refractivity contribution is 6.33. The highest BCUT2D eigenvalue weighted by Gasteiger charge is 2.08. The van der Waals surface area contributed by atoms with Crippen LogP contribution in [0.2, 0.25) is 5.02 Å². The molecule has 0 fully saturated rings. The van der Waals surface area contributed by atoms with E-state index in [9.17, 15) is 9.59 Å². The fraction of sp³-hybridized carbons (Fsp3) is 0.333. The van der Waals surface area contributed by atoms with Gasteiger partial charge in [0.2, 0.25) is 11.8 Å². The predicted molar refractivity (Wildman–Crippen MR) is 73.3 cm³/mol. The number of nitrogens with one attached hydrogen (secondary N) is 2. The van der Waals surface area contributed by atoms with Crippen LogP contribution in [-0.4, -0.2) is 38.6 Å². The van der Waals surface area contributed by atoms with Gasteiger partial charge in [-0.2, -0.15) is 0 Å². The van der Waals surface area contributed by atoms with Crippen molar-refractivity contribution in [1.29, 1.82) is 0 Å². The van der Waals surface area contributed by atoms with Crippen molar-refractivity contribution in [2.75, 3.05) is 32.1 Å². The third-order valence-electron chi connectivity index (χ3n) is 2.29. The molecule has 0 spiro atoms. The minimum Gasteiger partial charge on any atom is -0.383 e. The van der Waals surface area contributed by atoms with Gasteiger partial charge in [-0.25, -0.2) is 0 Å². The van der Waals surface area contributed by atoms with Crippen LogP contribution in [-0.2, 0) is 9.53 Å². The van der Waals surface area contributed by atoms with Crippen molar-refractivity contribution >= 4 is 29.1 Å². The highest BCUT2D eigenvalue weighted by atomic mass is 35.5. The lowest BCUT2D eigenvalue weighted by Crippen LogP contribution is -2.30. The van der Waals surface area contributed by atoms with E-state index in [1.807, 2.05) is 0 Å². The maximum absolute atomic E-state index is 11.6. The molecule has 1 aromatic carbocycles. The van der Waals surface area contributed by atoms with E-state index in [0.29, 0.717) is 23.9 Å². The largest absolute Gasteiger partial charge is 0.383 e. The van der Waals surface area contributed by atoms with E-state index < -0.39 is 5.91 Å². The summed E-state index contributed by atoms with van der Waals surface area (Å²) in [5.41, 5.74) is 5.80. The van der Waals surface area contributed by atoms with E-state index in [-0.39, 0.29) is 18.0 Å². The fourth-order valence-corrected chi connectivity index (χ4v) is 1.51. The van der Waals surface area contributed by atoms with Gasteiger partial charge in [0.1, 0.15) is 0 Å². The Morgan fingerprint density at radius 1 is 1.42 bits per heavy atom. The van der Waals surface area contributed by atoms with Gasteiger partial charge in [0.25, 0.3) is 0 Å². The van der Waals surface area contributed by atoms with Gasteiger partial charge >= 0.3 is 0 Å². The number of hydrogen-bond acceptors (Lipinski definition) is 4. The van der Waals surface area contributed by atoms with Crippen molar-refractivity contribution in [2.24, 2.45) is 5.73 Å². The Hall–Kier alpha value is -1.63. The van der Waals surface area contributed by atoms with Gasteiger partial charge in [0.05, 0.1) is 23.9 Å². The second kappa shape index (κ2) is 7.73. The number of carbonyl (C=O) groups excluding carboxylic acids is 2. The fourth-order valence-electron chi connectivity index (χ4n) is 1.34. The van der Waals surface area contributed by atoms with E-state index in [1.165, 1.54) is 18.2 Å². The van der Waals surface area contributed by atoms with Crippen LogP contribution in [0.5, 0.6) is 0 Å². The molecule has 0 atom stereocenters. The Labute approximate surface area is 116 Å². The second-order valence-electron chi connectivity index (χ2n) is 3.78. The summed E-state index contributed by atoms with van der Waals surface area (Å²) < 4.78 is 4.84. The molecule has 0 saturated carbocycles.